The summed E-state index contributed by atoms with van der Waals surface area (Å²) in [6.45, 7) is 3.90. The van der Waals surface area contributed by atoms with Crippen LogP contribution in [0.1, 0.15) is 33.3 Å². The number of benzene rings is 2. The zero-order valence-corrected chi connectivity index (χ0v) is 20.9. The summed E-state index contributed by atoms with van der Waals surface area (Å²) >= 11 is 2.39. The van der Waals surface area contributed by atoms with Crippen molar-refractivity contribution in [1.82, 2.24) is 9.55 Å². The molecule has 0 aliphatic rings. The number of carbonyl (C=O) groups is 1. The number of fused-ring (bicyclic) bond motifs is 1. The zero-order chi connectivity index (χ0) is 25.9. The first-order valence-corrected chi connectivity index (χ1v) is 12.7. The van der Waals surface area contributed by atoms with E-state index in [0.29, 0.717) is 31.6 Å². The SMILES string of the molecule is CCOC(=O)c1sc2nc(SCc3ccc(OC(F)(F)F)cc3)n(Cc3ccccc3)c(=O)c2c1C. The van der Waals surface area contributed by atoms with Gasteiger partial charge in [-0.05, 0) is 42.7 Å². The van der Waals surface area contributed by atoms with Crippen molar-refractivity contribution in [1.29, 1.82) is 0 Å². The van der Waals surface area contributed by atoms with E-state index in [1.54, 1.807) is 18.4 Å². The molecule has 188 valence electrons. The highest BCUT2D eigenvalue weighted by Gasteiger charge is 2.31. The fourth-order valence-corrected chi connectivity index (χ4v) is 5.61. The first-order chi connectivity index (χ1) is 17.2. The lowest BCUT2D eigenvalue weighted by atomic mass is 10.2. The van der Waals surface area contributed by atoms with E-state index in [-0.39, 0.29) is 24.5 Å². The zero-order valence-electron chi connectivity index (χ0n) is 19.3. The van der Waals surface area contributed by atoms with Gasteiger partial charge in [-0.15, -0.1) is 24.5 Å². The molecule has 2 aromatic heterocycles. The van der Waals surface area contributed by atoms with Crippen LogP contribution in [0.15, 0.2) is 64.5 Å². The first-order valence-electron chi connectivity index (χ1n) is 10.9. The standard InChI is InChI=1S/C25H21F3N2O4S2/c1-3-33-23(32)20-15(2)19-21(36-20)29-24(30(22(19)31)13-16-7-5-4-6-8-16)35-14-17-9-11-18(12-10-17)34-25(26,27)28/h4-12H,3,13-14H2,1-2H3. The molecule has 4 rings (SSSR count). The topological polar surface area (TPSA) is 70.4 Å². The van der Waals surface area contributed by atoms with Gasteiger partial charge in [0.15, 0.2) is 5.16 Å². The smallest absolute Gasteiger partial charge is 0.462 e. The van der Waals surface area contributed by atoms with Gasteiger partial charge in [0.2, 0.25) is 0 Å². The van der Waals surface area contributed by atoms with Crippen LogP contribution in [0, 0.1) is 6.92 Å². The van der Waals surface area contributed by atoms with Gasteiger partial charge in [-0.2, -0.15) is 0 Å². The second-order valence-corrected chi connectivity index (χ2v) is 9.65. The predicted octanol–water partition coefficient (Wildman–Crippen LogP) is 6.18. The summed E-state index contributed by atoms with van der Waals surface area (Å²) in [5, 5.41) is 0.806. The molecule has 0 spiro atoms. The predicted molar refractivity (Wildman–Crippen MR) is 133 cm³/mol. The number of alkyl halides is 3. The lowest BCUT2D eigenvalue weighted by Gasteiger charge is -2.13. The van der Waals surface area contributed by atoms with Gasteiger partial charge in [-0.1, -0.05) is 54.2 Å². The molecule has 2 heterocycles. The average molecular weight is 535 g/mol. The monoisotopic (exact) mass is 534 g/mol. The maximum absolute atomic E-state index is 13.6. The largest absolute Gasteiger partial charge is 0.573 e. The summed E-state index contributed by atoms with van der Waals surface area (Å²) < 4.78 is 47.9. The van der Waals surface area contributed by atoms with Crippen molar-refractivity contribution in [3.8, 4) is 5.75 Å². The molecule has 0 fully saturated rings. The summed E-state index contributed by atoms with van der Waals surface area (Å²) in [5.74, 6) is -0.451. The summed E-state index contributed by atoms with van der Waals surface area (Å²) in [4.78, 5) is 31.5. The van der Waals surface area contributed by atoms with Crippen molar-refractivity contribution in [2.45, 2.75) is 37.7 Å². The number of ether oxygens (including phenoxy) is 2. The van der Waals surface area contributed by atoms with Crippen molar-refractivity contribution in [2.75, 3.05) is 6.61 Å². The van der Waals surface area contributed by atoms with Gasteiger partial charge < -0.3 is 9.47 Å². The van der Waals surface area contributed by atoms with Crippen LogP contribution >= 0.6 is 23.1 Å². The normalized spacial score (nSPS) is 11.6. The van der Waals surface area contributed by atoms with E-state index in [1.807, 2.05) is 30.3 Å². The second-order valence-electron chi connectivity index (χ2n) is 7.71. The van der Waals surface area contributed by atoms with E-state index in [0.717, 1.165) is 22.5 Å². The number of thioether (sulfide) groups is 1. The van der Waals surface area contributed by atoms with Crippen LogP contribution in [-0.4, -0.2) is 28.5 Å². The highest BCUT2D eigenvalue weighted by atomic mass is 32.2. The van der Waals surface area contributed by atoms with Gasteiger partial charge in [-0.25, -0.2) is 9.78 Å². The lowest BCUT2D eigenvalue weighted by molar-refractivity contribution is -0.274. The van der Waals surface area contributed by atoms with Crippen molar-refractivity contribution in [3.05, 3.63) is 86.5 Å². The highest BCUT2D eigenvalue weighted by Crippen LogP contribution is 2.31. The molecule has 0 radical (unpaired) electrons. The maximum Gasteiger partial charge on any atom is 0.573 e. The number of hydrogen-bond acceptors (Lipinski definition) is 7. The highest BCUT2D eigenvalue weighted by molar-refractivity contribution is 7.98. The Morgan fingerprint density at radius 2 is 1.78 bits per heavy atom. The number of nitrogens with zero attached hydrogens (tertiary/aromatic N) is 2. The molecule has 0 aliphatic heterocycles. The molecule has 0 unspecified atom stereocenters. The van der Waals surface area contributed by atoms with Gasteiger partial charge in [0.1, 0.15) is 15.5 Å². The minimum absolute atomic E-state index is 0.214. The Morgan fingerprint density at radius 1 is 1.08 bits per heavy atom. The number of halogens is 3. The minimum atomic E-state index is -4.76. The summed E-state index contributed by atoms with van der Waals surface area (Å²) in [6.07, 6.45) is -4.76. The third-order valence-corrected chi connectivity index (χ3v) is 7.40. The number of aryl methyl sites for hydroxylation is 1. The summed E-state index contributed by atoms with van der Waals surface area (Å²) in [5.41, 5.74) is 1.88. The number of hydrogen-bond donors (Lipinski definition) is 0. The van der Waals surface area contributed by atoms with Crippen LogP contribution in [0.3, 0.4) is 0 Å². The molecule has 11 heteroatoms. The van der Waals surface area contributed by atoms with E-state index in [1.165, 1.54) is 36.0 Å². The van der Waals surface area contributed by atoms with Crippen molar-refractivity contribution < 1.29 is 27.4 Å². The lowest BCUT2D eigenvalue weighted by Crippen LogP contribution is -2.24. The van der Waals surface area contributed by atoms with E-state index in [2.05, 4.69) is 4.74 Å². The molecule has 0 saturated heterocycles. The van der Waals surface area contributed by atoms with Crippen LogP contribution in [0.2, 0.25) is 0 Å². The molecule has 0 N–H and O–H groups in total. The third-order valence-electron chi connectivity index (χ3n) is 5.18. The Balaban J connectivity index is 1.70. The molecule has 0 aliphatic carbocycles. The average Bonchev–Trinajstić information content (AvgIpc) is 3.17. The first kappa shape index (κ1) is 25.8. The Kier molecular flexibility index (Phi) is 7.70. The third kappa shape index (κ3) is 5.90. The fraction of sp³-hybridized carbons (Fsp3) is 0.240. The molecular weight excluding hydrogens is 513 g/mol. The van der Waals surface area contributed by atoms with E-state index >= 15 is 0 Å². The number of thiophene rings is 1. The minimum Gasteiger partial charge on any atom is -0.462 e. The molecule has 2 aromatic carbocycles. The quantitative estimate of drug-likeness (QED) is 0.153. The summed E-state index contributed by atoms with van der Waals surface area (Å²) in [6, 6.07) is 15.0. The van der Waals surface area contributed by atoms with Gasteiger partial charge in [0, 0.05) is 5.75 Å². The second kappa shape index (κ2) is 10.8. The van der Waals surface area contributed by atoms with Crippen molar-refractivity contribution in [2.24, 2.45) is 0 Å². The van der Waals surface area contributed by atoms with Crippen molar-refractivity contribution in [3.63, 3.8) is 0 Å². The maximum atomic E-state index is 13.6. The van der Waals surface area contributed by atoms with Crippen LogP contribution in [0.5, 0.6) is 5.75 Å². The van der Waals surface area contributed by atoms with E-state index in [4.69, 9.17) is 9.72 Å². The molecule has 36 heavy (non-hydrogen) atoms. The number of aromatic nitrogens is 2. The van der Waals surface area contributed by atoms with Crippen LogP contribution in [0.25, 0.3) is 10.2 Å². The molecule has 6 nitrogen and oxygen atoms in total. The molecule has 0 bridgehead atoms. The van der Waals surface area contributed by atoms with Crippen LogP contribution in [0.4, 0.5) is 13.2 Å². The number of carbonyl (C=O) groups excluding carboxylic acids is 1. The molecule has 0 atom stereocenters. The Labute approximate surface area is 212 Å². The van der Waals surface area contributed by atoms with Crippen molar-refractivity contribution >= 4 is 39.3 Å². The van der Waals surface area contributed by atoms with Gasteiger partial charge >= 0.3 is 12.3 Å². The summed E-state index contributed by atoms with van der Waals surface area (Å²) in [7, 11) is 0. The van der Waals surface area contributed by atoms with E-state index in [9.17, 15) is 22.8 Å². The molecular formula is C25H21F3N2O4S2. The van der Waals surface area contributed by atoms with Gasteiger partial charge in [0.25, 0.3) is 5.56 Å². The fourth-order valence-electron chi connectivity index (χ4n) is 3.54. The van der Waals surface area contributed by atoms with E-state index < -0.39 is 12.3 Å². The van der Waals surface area contributed by atoms with Gasteiger partial charge in [0.05, 0.1) is 18.5 Å². The van der Waals surface area contributed by atoms with Gasteiger partial charge in [-0.3, -0.25) is 9.36 Å². The van der Waals surface area contributed by atoms with Crippen LogP contribution < -0.4 is 10.3 Å². The molecule has 0 saturated carbocycles. The van der Waals surface area contributed by atoms with Crippen LogP contribution in [-0.2, 0) is 17.0 Å². The Morgan fingerprint density at radius 3 is 2.42 bits per heavy atom. The Bertz CT molecular complexity index is 1430. The number of esters is 1. The number of rotatable bonds is 8. The molecule has 0 amide bonds. The molecule has 4 aromatic rings. The Hall–Kier alpha value is -3.31.